The molecule has 1 amide bonds. The Kier molecular flexibility index (Phi) is 8.98. The minimum atomic E-state index is -0.890. The van der Waals surface area contributed by atoms with E-state index in [0.717, 1.165) is 48.3 Å². The van der Waals surface area contributed by atoms with E-state index in [2.05, 4.69) is 22.4 Å². The highest BCUT2D eigenvalue weighted by Gasteiger charge is 2.34. The Balaban J connectivity index is 1.16. The van der Waals surface area contributed by atoms with Crippen molar-refractivity contribution < 1.29 is 29.3 Å². The van der Waals surface area contributed by atoms with Crippen molar-refractivity contribution in [3.63, 3.8) is 0 Å². The Morgan fingerprint density at radius 1 is 1.14 bits per heavy atom. The highest BCUT2D eigenvalue weighted by molar-refractivity contribution is 6.30. The number of benzene rings is 2. The largest absolute Gasteiger partial charge is 0.490 e. The maximum atomic E-state index is 13.0. The number of carbonyl (C=O) groups excluding carboxylic acids is 1. The molecule has 6 rings (SSSR count). The summed E-state index contributed by atoms with van der Waals surface area (Å²) >= 11 is 6.05. The van der Waals surface area contributed by atoms with Gasteiger partial charge < -0.3 is 34.8 Å². The molecule has 0 aromatic heterocycles. The van der Waals surface area contributed by atoms with Crippen LogP contribution in [-0.2, 0) is 10.4 Å². The maximum Gasteiger partial charge on any atom is 0.415 e. The van der Waals surface area contributed by atoms with Crippen molar-refractivity contribution in [2.45, 2.75) is 43.7 Å². The molecule has 0 radical (unpaired) electrons. The third-order valence-corrected chi connectivity index (χ3v) is 9.35. The predicted molar refractivity (Wildman–Crippen MR) is 168 cm³/mol. The van der Waals surface area contributed by atoms with E-state index < -0.39 is 23.6 Å². The molecule has 2 fully saturated rings. The second-order valence-corrected chi connectivity index (χ2v) is 12.4. The average Bonchev–Trinajstić information content (AvgIpc) is 3.19. The zero-order chi connectivity index (χ0) is 30.7. The van der Waals surface area contributed by atoms with Gasteiger partial charge in [-0.05, 0) is 91.4 Å². The maximum absolute atomic E-state index is 13.0. The van der Waals surface area contributed by atoms with Crippen LogP contribution in [0, 0.1) is 5.92 Å². The van der Waals surface area contributed by atoms with Crippen LogP contribution < -0.4 is 14.8 Å². The summed E-state index contributed by atoms with van der Waals surface area (Å²) in [5.41, 5.74) is 3.04. The zero-order valence-corrected chi connectivity index (χ0v) is 25.3. The topological polar surface area (TPSA) is 112 Å². The average molecular weight is 620 g/mol. The first-order valence-corrected chi connectivity index (χ1v) is 15.7. The van der Waals surface area contributed by atoms with Gasteiger partial charge in [-0.1, -0.05) is 35.9 Å². The molecule has 232 valence electrons. The number of ether oxygens (including phenoxy) is 2. The van der Waals surface area contributed by atoms with Gasteiger partial charge in [0.1, 0.15) is 18.1 Å². The van der Waals surface area contributed by atoms with E-state index in [1.165, 1.54) is 4.90 Å². The smallest absolute Gasteiger partial charge is 0.415 e. The summed E-state index contributed by atoms with van der Waals surface area (Å²) in [7, 11) is 0. The van der Waals surface area contributed by atoms with Crippen LogP contribution in [0.25, 0.3) is 5.57 Å². The summed E-state index contributed by atoms with van der Waals surface area (Å²) in [6.07, 6.45) is 11.0. The molecule has 2 aromatic rings. The fourth-order valence-electron chi connectivity index (χ4n) is 6.51. The van der Waals surface area contributed by atoms with E-state index in [1.54, 1.807) is 6.07 Å². The van der Waals surface area contributed by atoms with Crippen LogP contribution in [0.2, 0.25) is 5.02 Å². The fraction of sp³-hybridized carbons (Fsp3) is 0.412. The molecule has 10 heteroatoms. The van der Waals surface area contributed by atoms with E-state index in [0.29, 0.717) is 55.4 Å². The highest BCUT2D eigenvalue weighted by Crippen LogP contribution is 2.40. The number of aliphatic carboxylic acids is 1. The molecular weight excluding hydrogens is 582 g/mol. The number of amides is 1. The molecule has 0 bridgehead atoms. The summed E-state index contributed by atoms with van der Waals surface area (Å²) in [5, 5.41) is 24.7. The molecule has 3 N–H and O–H groups in total. The number of piperidine rings is 2. The summed E-state index contributed by atoms with van der Waals surface area (Å²) in [6, 6.07) is 12.8. The van der Waals surface area contributed by atoms with Gasteiger partial charge in [0.2, 0.25) is 0 Å². The monoisotopic (exact) mass is 619 g/mol. The number of rotatable bonds is 6. The quantitative estimate of drug-likeness (QED) is 0.405. The van der Waals surface area contributed by atoms with Gasteiger partial charge in [-0.25, -0.2) is 4.79 Å². The van der Waals surface area contributed by atoms with Crippen LogP contribution in [0.5, 0.6) is 11.5 Å². The number of hydrogen-bond acceptors (Lipinski definition) is 7. The standard InChI is InChI=1S/C34H38ClN3O6/c35-25-9-7-24(8-10-25)34(42)13-18-37(19-14-34)16-3-6-27-28-5-1-15-36-30(28)22-43-31-12-11-26(20-29(27)31)44-33(41)38-17-2-4-23(21-38)32(39)40/h1,5-12,15,20,23,30,36,42H,2-4,13-14,16-19,21-22H2,(H,39,40)/b27-6+/t23-,30?/m1/s1. The fourth-order valence-corrected chi connectivity index (χ4v) is 6.63. The lowest BCUT2D eigenvalue weighted by molar-refractivity contribution is -0.143. The Bertz CT molecular complexity index is 1480. The number of allylic oxidation sites excluding steroid dienone is 2. The molecule has 4 aliphatic rings. The molecule has 0 aliphatic carbocycles. The first-order chi connectivity index (χ1) is 21.3. The molecule has 9 nitrogen and oxygen atoms in total. The summed E-state index contributed by atoms with van der Waals surface area (Å²) in [4.78, 5) is 28.3. The SMILES string of the molecule is O=C(O)[C@@H]1CCCN(C(=O)Oc2ccc3c(c2)/C(=C/CCN2CCC(O)(c4ccc(Cl)cc4)CC2)C2=CC=CNC2CO3)C1. The predicted octanol–water partition coefficient (Wildman–Crippen LogP) is 5.20. The number of nitrogens with zero attached hydrogens (tertiary/aromatic N) is 2. The Labute approximate surface area is 262 Å². The lowest BCUT2D eigenvalue weighted by Gasteiger charge is -2.38. The van der Waals surface area contributed by atoms with Gasteiger partial charge in [-0.15, -0.1) is 0 Å². The molecule has 2 atom stereocenters. The number of nitrogens with one attached hydrogen (secondary N) is 1. The summed E-state index contributed by atoms with van der Waals surface area (Å²) in [6.45, 7) is 3.49. The molecule has 0 saturated carbocycles. The van der Waals surface area contributed by atoms with Crippen molar-refractivity contribution in [1.82, 2.24) is 15.1 Å². The number of aliphatic hydroxyl groups is 1. The van der Waals surface area contributed by atoms with Crippen LogP contribution in [0.15, 0.2) is 72.5 Å². The van der Waals surface area contributed by atoms with Crippen molar-refractivity contribution in [3.8, 4) is 11.5 Å². The number of carboxylic acid groups (broad SMARTS) is 1. The van der Waals surface area contributed by atoms with E-state index in [4.69, 9.17) is 21.1 Å². The first-order valence-electron chi connectivity index (χ1n) is 15.3. The minimum absolute atomic E-state index is 0.0182. The van der Waals surface area contributed by atoms with Gasteiger partial charge >= 0.3 is 12.1 Å². The van der Waals surface area contributed by atoms with E-state index >= 15 is 0 Å². The minimum Gasteiger partial charge on any atom is -0.490 e. The number of carboxylic acids is 1. The number of dihydropyridines is 1. The third-order valence-electron chi connectivity index (χ3n) is 9.10. The Morgan fingerprint density at radius 2 is 1.93 bits per heavy atom. The van der Waals surface area contributed by atoms with E-state index in [1.807, 2.05) is 48.7 Å². The summed E-state index contributed by atoms with van der Waals surface area (Å²) < 4.78 is 12.0. The van der Waals surface area contributed by atoms with Gasteiger partial charge in [0.05, 0.1) is 17.6 Å². The van der Waals surface area contributed by atoms with Crippen LogP contribution in [-0.4, -0.2) is 77.4 Å². The van der Waals surface area contributed by atoms with Gasteiger partial charge in [-0.3, -0.25) is 4.79 Å². The molecule has 2 aromatic carbocycles. The van der Waals surface area contributed by atoms with Crippen molar-refractivity contribution in [3.05, 3.63) is 88.6 Å². The zero-order valence-electron chi connectivity index (χ0n) is 24.6. The highest BCUT2D eigenvalue weighted by atomic mass is 35.5. The lowest BCUT2D eigenvalue weighted by Crippen LogP contribution is -2.43. The number of carbonyl (C=O) groups is 2. The number of fused-ring (bicyclic) bond motifs is 2. The lowest BCUT2D eigenvalue weighted by atomic mass is 9.84. The molecule has 44 heavy (non-hydrogen) atoms. The molecular formula is C34H38ClN3O6. The van der Waals surface area contributed by atoms with Gasteiger partial charge in [0.15, 0.2) is 0 Å². The van der Waals surface area contributed by atoms with Crippen molar-refractivity contribution in [1.29, 1.82) is 0 Å². The number of halogens is 1. The second kappa shape index (κ2) is 13.1. The summed E-state index contributed by atoms with van der Waals surface area (Å²) in [5.74, 6) is -0.369. The second-order valence-electron chi connectivity index (χ2n) is 11.9. The van der Waals surface area contributed by atoms with Crippen LogP contribution in [0.1, 0.15) is 43.2 Å². The first kappa shape index (κ1) is 30.2. The number of hydrogen-bond donors (Lipinski definition) is 3. The van der Waals surface area contributed by atoms with E-state index in [-0.39, 0.29) is 12.6 Å². The molecule has 2 saturated heterocycles. The Hall–Kier alpha value is -3.79. The van der Waals surface area contributed by atoms with Gasteiger partial charge in [0, 0.05) is 43.3 Å². The molecule has 1 unspecified atom stereocenters. The molecule has 4 aliphatic heterocycles. The van der Waals surface area contributed by atoms with Crippen LogP contribution in [0.3, 0.4) is 0 Å². The Morgan fingerprint density at radius 3 is 2.70 bits per heavy atom. The van der Waals surface area contributed by atoms with Crippen LogP contribution >= 0.6 is 11.6 Å². The van der Waals surface area contributed by atoms with Crippen molar-refractivity contribution in [2.75, 3.05) is 39.3 Å². The van der Waals surface area contributed by atoms with Gasteiger partial charge in [0.25, 0.3) is 0 Å². The van der Waals surface area contributed by atoms with Crippen molar-refractivity contribution in [2.24, 2.45) is 5.92 Å². The van der Waals surface area contributed by atoms with Crippen LogP contribution in [0.4, 0.5) is 4.79 Å². The van der Waals surface area contributed by atoms with E-state index in [9.17, 15) is 19.8 Å². The van der Waals surface area contributed by atoms with Gasteiger partial charge in [-0.2, -0.15) is 0 Å². The third kappa shape index (κ3) is 6.65. The van der Waals surface area contributed by atoms with Crippen molar-refractivity contribution >= 4 is 29.2 Å². The number of likely N-dealkylation sites (tertiary alicyclic amines) is 2. The normalized spacial score (nSPS) is 23.8. The molecule has 4 heterocycles. The molecule has 0 spiro atoms.